The molecular formula is C14H17F3N2O3. The Morgan fingerprint density at radius 3 is 2.55 bits per heavy atom. The minimum absolute atomic E-state index is 0.00123. The van der Waals surface area contributed by atoms with Crippen LogP contribution in [0.25, 0.3) is 0 Å². The normalized spacial score (nSPS) is 25.0. The van der Waals surface area contributed by atoms with Crippen LogP contribution in [0.1, 0.15) is 11.5 Å². The highest BCUT2D eigenvalue weighted by Crippen LogP contribution is 2.33. The number of carbonyl (C=O) groups excluding carboxylic acids is 1. The summed E-state index contributed by atoms with van der Waals surface area (Å²) in [5.74, 6) is 2.36. The van der Waals surface area contributed by atoms with E-state index in [-0.39, 0.29) is 18.7 Å². The molecule has 0 spiro atoms. The molecule has 0 saturated carbocycles. The molecule has 22 heavy (non-hydrogen) atoms. The highest BCUT2D eigenvalue weighted by atomic mass is 19.4. The van der Waals surface area contributed by atoms with Crippen molar-refractivity contribution in [2.45, 2.75) is 24.5 Å². The van der Waals surface area contributed by atoms with Gasteiger partial charge in [0.25, 0.3) is 0 Å². The van der Waals surface area contributed by atoms with E-state index in [1.165, 1.54) is 24.3 Å². The molecule has 1 fully saturated rings. The van der Waals surface area contributed by atoms with Gasteiger partial charge < -0.3 is 9.47 Å². The van der Waals surface area contributed by atoms with Crippen LogP contribution in [0, 0.1) is 0 Å². The molecule has 3 unspecified atom stereocenters. The van der Waals surface area contributed by atoms with Crippen LogP contribution in [0.3, 0.4) is 0 Å². The Bertz CT molecular complexity index is 510. The van der Waals surface area contributed by atoms with Gasteiger partial charge in [-0.1, -0.05) is 30.3 Å². The molecule has 122 valence electrons. The molecule has 0 bridgehead atoms. The lowest BCUT2D eigenvalue weighted by Gasteiger charge is -2.38. The van der Waals surface area contributed by atoms with Gasteiger partial charge in [0.15, 0.2) is 6.29 Å². The first-order valence-corrected chi connectivity index (χ1v) is 6.66. The number of Topliss-reactive ketones (excluding diaryl/α,β-unsaturated/α-hetero) is 1. The average Bonchev–Trinajstić information content (AvgIpc) is 2.47. The number of ether oxygens (including phenoxy) is 2. The Morgan fingerprint density at radius 1 is 1.36 bits per heavy atom. The van der Waals surface area contributed by atoms with Gasteiger partial charge in [0.05, 0.1) is 18.6 Å². The fourth-order valence-electron chi connectivity index (χ4n) is 2.46. The summed E-state index contributed by atoms with van der Waals surface area (Å²) >= 11 is 0. The van der Waals surface area contributed by atoms with E-state index >= 15 is 0 Å². The third-order valence-corrected chi connectivity index (χ3v) is 3.48. The third kappa shape index (κ3) is 3.83. The lowest BCUT2D eigenvalue weighted by Crippen LogP contribution is -2.55. The number of hydrazine groups is 1. The summed E-state index contributed by atoms with van der Waals surface area (Å²) in [6.45, 7) is 0.218. The summed E-state index contributed by atoms with van der Waals surface area (Å²) in [6.07, 6.45) is -6.78. The largest absolute Gasteiger partial charge is 0.450 e. The van der Waals surface area contributed by atoms with Gasteiger partial charge in [-0.15, -0.1) is 0 Å². The van der Waals surface area contributed by atoms with Crippen LogP contribution in [-0.4, -0.2) is 49.6 Å². The zero-order chi connectivity index (χ0) is 16.3. The Morgan fingerprint density at radius 2 is 2.00 bits per heavy atom. The van der Waals surface area contributed by atoms with Crippen molar-refractivity contribution in [3.63, 3.8) is 0 Å². The van der Waals surface area contributed by atoms with Crippen molar-refractivity contribution in [2.75, 3.05) is 20.2 Å². The molecule has 1 aliphatic heterocycles. The Labute approximate surface area is 125 Å². The maximum atomic E-state index is 12.9. The topological polar surface area (TPSA) is 64.8 Å². The number of nitrogens with zero attached hydrogens (tertiary/aromatic N) is 1. The van der Waals surface area contributed by atoms with E-state index in [0.717, 1.165) is 0 Å². The van der Waals surface area contributed by atoms with E-state index in [0.29, 0.717) is 0 Å². The number of nitrogens with two attached hydrogens (primary N) is 1. The highest BCUT2D eigenvalue weighted by molar-refractivity contribution is 5.91. The first kappa shape index (κ1) is 16.9. The lowest BCUT2D eigenvalue weighted by atomic mass is 9.88. The number of benzene rings is 1. The number of halogens is 3. The van der Waals surface area contributed by atoms with Gasteiger partial charge in [0.1, 0.15) is 0 Å². The van der Waals surface area contributed by atoms with Gasteiger partial charge in [-0.2, -0.15) is 13.2 Å². The molecule has 0 radical (unpaired) electrons. The minimum atomic E-state index is -4.96. The van der Waals surface area contributed by atoms with Crippen molar-refractivity contribution < 1.29 is 27.4 Å². The summed E-state index contributed by atoms with van der Waals surface area (Å²) in [5.41, 5.74) is 0.236. The maximum Gasteiger partial charge on any atom is 0.450 e. The minimum Gasteiger partial charge on any atom is -0.354 e. The first-order valence-electron chi connectivity index (χ1n) is 6.66. The second-order valence-electron chi connectivity index (χ2n) is 5.04. The summed E-state index contributed by atoms with van der Waals surface area (Å²) in [6, 6.07) is 7.74. The Hall–Kier alpha value is -1.48. The molecule has 1 aromatic rings. The summed E-state index contributed by atoms with van der Waals surface area (Å²) in [5, 5.41) is 1.29. The van der Waals surface area contributed by atoms with Crippen LogP contribution in [0.15, 0.2) is 30.3 Å². The molecule has 5 nitrogen and oxygen atoms in total. The number of carbonyl (C=O) groups is 1. The number of rotatable bonds is 4. The Balaban J connectivity index is 2.34. The molecule has 1 aliphatic rings. The molecule has 2 N–H and O–H groups in total. The van der Waals surface area contributed by atoms with Gasteiger partial charge in [0, 0.05) is 13.7 Å². The van der Waals surface area contributed by atoms with Crippen LogP contribution in [0.5, 0.6) is 0 Å². The number of ketones is 1. The quantitative estimate of drug-likeness (QED) is 0.851. The number of hydrogen-bond donors (Lipinski definition) is 1. The SMILES string of the molecule is COC1CN(N)CC(C(C(=O)C(F)(F)F)c2ccccc2)O1. The summed E-state index contributed by atoms with van der Waals surface area (Å²) < 4.78 is 49.3. The molecule has 0 amide bonds. The van der Waals surface area contributed by atoms with E-state index in [9.17, 15) is 18.0 Å². The van der Waals surface area contributed by atoms with Crippen molar-refractivity contribution in [1.29, 1.82) is 0 Å². The van der Waals surface area contributed by atoms with Crippen molar-refractivity contribution in [3.8, 4) is 0 Å². The predicted octanol–water partition coefficient (Wildman–Crippen LogP) is 1.45. The number of hydrogen-bond acceptors (Lipinski definition) is 5. The molecule has 1 saturated heterocycles. The van der Waals surface area contributed by atoms with Crippen LogP contribution < -0.4 is 5.84 Å². The fourth-order valence-corrected chi connectivity index (χ4v) is 2.46. The highest BCUT2D eigenvalue weighted by Gasteiger charge is 2.48. The van der Waals surface area contributed by atoms with Gasteiger partial charge in [-0.25, -0.2) is 5.01 Å². The molecule has 8 heteroatoms. The molecule has 0 aliphatic carbocycles. The third-order valence-electron chi connectivity index (χ3n) is 3.48. The second-order valence-corrected chi connectivity index (χ2v) is 5.04. The second kappa shape index (κ2) is 6.74. The van der Waals surface area contributed by atoms with Crippen molar-refractivity contribution >= 4 is 5.78 Å². The van der Waals surface area contributed by atoms with Crippen molar-refractivity contribution in [1.82, 2.24) is 5.01 Å². The molecular weight excluding hydrogens is 301 g/mol. The van der Waals surface area contributed by atoms with E-state index in [4.69, 9.17) is 15.3 Å². The van der Waals surface area contributed by atoms with Gasteiger partial charge in [-0.3, -0.25) is 10.6 Å². The fraction of sp³-hybridized carbons (Fsp3) is 0.500. The zero-order valence-electron chi connectivity index (χ0n) is 11.9. The van der Waals surface area contributed by atoms with Crippen molar-refractivity contribution in [3.05, 3.63) is 35.9 Å². The smallest absolute Gasteiger partial charge is 0.354 e. The van der Waals surface area contributed by atoms with Gasteiger partial charge >= 0.3 is 6.18 Å². The molecule has 0 aromatic heterocycles. The van der Waals surface area contributed by atoms with E-state index in [1.54, 1.807) is 18.2 Å². The molecule has 2 rings (SSSR count). The maximum absolute atomic E-state index is 12.9. The first-order chi connectivity index (χ1) is 10.3. The monoisotopic (exact) mass is 318 g/mol. The van der Waals surface area contributed by atoms with Gasteiger partial charge in [-0.05, 0) is 5.56 Å². The molecule has 3 atom stereocenters. The Kier molecular flexibility index (Phi) is 5.17. The summed E-state index contributed by atoms with van der Waals surface area (Å²) in [7, 11) is 1.37. The van der Waals surface area contributed by atoms with Crippen LogP contribution >= 0.6 is 0 Å². The van der Waals surface area contributed by atoms with Crippen molar-refractivity contribution in [2.24, 2.45) is 5.84 Å². The van der Waals surface area contributed by atoms with E-state index in [1.807, 2.05) is 0 Å². The standard InChI is InChI=1S/C14H17F3N2O3/c1-21-11-8-19(18)7-10(22-11)12(13(20)14(15,16)17)9-5-3-2-4-6-9/h2-6,10-12H,7-8,18H2,1H3. The van der Waals surface area contributed by atoms with E-state index in [2.05, 4.69) is 0 Å². The van der Waals surface area contributed by atoms with Crippen LogP contribution in [0.2, 0.25) is 0 Å². The average molecular weight is 318 g/mol. The predicted molar refractivity (Wildman–Crippen MR) is 71.7 cm³/mol. The van der Waals surface area contributed by atoms with Crippen LogP contribution in [-0.2, 0) is 14.3 Å². The molecule has 1 aromatic carbocycles. The van der Waals surface area contributed by atoms with Gasteiger partial charge in [0.2, 0.25) is 5.78 Å². The number of morpholine rings is 1. The molecule has 1 heterocycles. The summed E-state index contributed by atoms with van der Waals surface area (Å²) in [4.78, 5) is 11.9. The number of alkyl halides is 3. The zero-order valence-corrected chi connectivity index (χ0v) is 11.9. The lowest BCUT2D eigenvalue weighted by molar-refractivity contribution is -0.212. The van der Waals surface area contributed by atoms with E-state index < -0.39 is 30.3 Å². The number of methoxy groups -OCH3 is 1. The van der Waals surface area contributed by atoms with Crippen LogP contribution in [0.4, 0.5) is 13.2 Å².